The number of nitrogens with zero attached hydrogens (tertiary/aromatic N) is 1. The Hall–Kier alpha value is -0.0500. The molecule has 1 N–H and O–H groups in total. The quantitative estimate of drug-likeness (QED) is 0.831. The third-order valence-electron chi connectivity index (χ3n) is 5.00. The molecule has 0 amide bonds. The average molecular weight is 285 g/mol. The van der Waals surface area contributed by atoms with Gasteiger partial charge in [0.15, 0.2) is 0 Å². The number of hydrogen-bond acceptors (Lipinski definition) is 2. The van der Waals surface area contributed by atoms with Crippen LogP contribution in [0.5, 0.6) is 0 Å². The van der Waals surface area contributed by atoms with Gasteiger partial charge in [-0.1, -0.05) is 57.7 Å². The molecular formula is C16H29ClN2. The molecule has 1 saturated carbocycles. The lowest BCUT2D eigenvalue weighted by Crippen LogP contribution is -2.67. The smallest absolute Gasteiger partial charge is 0.0338 e. The summed E-state index contributed by atoms with van der Waals surface area (Å²) in [6.07, 6.45) is 8.94. The monoisotopic (exact) mass is 284 g/mol. The Morgan fingerprint density at radius 2 is 1.95 bits per heavy atom. The molecule has 3 heteroatoms. The van der Waals surface area contributed by atoms with Gasteiger partial charge in [0.2, 0.25) is 0 Å². The van der Waals surface area contributed by atoms with Gasteiger partial charge in [0.25, 0.3) is 0 Å². The second kappa shape index (κ2) is 6.15. The molecule has 1 heterocycles. The molecule has 1 aliphatic carbocycles. The minimum Gasteiger partial charge on any atom is -0.310 e. The fourth-order valence-electron chi connectivity index (χ4n) is 3.62. The van der Waals surface area contributed by atoms with Crippen LogP contribution in [-0.4, -0.2) is 36.1 Å². The molecule has 0 radical (unpaired) electrons. The zero-order valence-electron chi connectivity index (χ0n) is 12.7. The number of halogens is 1. The first kappa shape index (κ1) is 15.3. The van der Waals surface area contributed by atoms with Crippen molar-refractivity contribution in [3.8, 4) is 0 Å². The first-order chi connectivity index (χ1) is 8.98. The SMILES string of the molecule is CC(C)(C)C1CN(C/C=C/Cl)C2(CCCCC2)CN1. The van der Waals surface area contributed by atoms with E-state index in [9.17, 15) is 0 Å². The largest absolute Gasteiger partial charge is 0.310 e. The van der Waals surface area contributed by atoms with Crippen LogP contribution in [0.15, 0.2) is 11.6 Å². The molecule has 1 saturated heterocycles. The lowest BCUT2D eigenvalue weighted by Gasteiger charge is -2.54. The van der Waals surface area contributed by atoms with E-state index in [0.717, 1.165) is 19.6 Å². The van der Waals surface area contributed by atoms with Gasteiger partial charge in [-0.15, -0.1) is 0 Å². The highest BCUT2D eigenvalue weighted by Crippen LogP contribution is 2.37. The third kappa shape index (κ3) is 3.53. The number of nitrogens with one attached hydrogen (secondary N) is 1. The van der Waals surface area contributed by atoms with Gasteiger partial charge in [-0.2, -0.15) is 0 Å². The van der Waals surface area contributed by atoms with Crippen LogP contribution in [0.3, 0.4) is 0 Å². The Labute approximate surface area is 123 Å². The van der Waals surface area contributed by atoms with Crippen molar-refractivity contribution in [1.82, 2.24) is 10.2 Å². The maximum atomic E-state index is 5.75. The van der Waals surface area contributed by atoms with Gasteiger partial charge in [0.1, 0.15) is 0 Å². The average Bonchev–Trinajstić information content (AvgIpc) is 2.37. The Kier molecular flexibility index (Phi) is 4.97. The number of hydrogen-bond donors (Lipinski definition) is 1. The van der Waals surface area contributed by atoms with Gasteiger partial charge in [-0.25, -0.2) is 0 Å². The summed E-state index contributed by atoms with van der Waals surface area (Å²) in [4.78, 5) is 2.69. The number of piperazine rings is 1. The van der Waals surface area contributed by atoms with Crippen molar-refractivity contribution in [1.29, 1.82) is 0 Å². The molecule has 110 valence electrons. The maximum absolute atomic E-state index is 5.75. The summed E-state index contributed by atoms with van der Waals surface area (Å²) in [5.74, 6) is 0. The Morgan fingerprint density at radius 3 is 2.53 bits per heavy atom. The molecule has 0 bridgehead atoms. The minimum absolute atomic E-state index is 0.319. The fourth-order valence-corrected chi connectivity index (χ4v) is 3.70. The molecule has 1 aliphatic heterocycles. The normalized spacial score (nSPS) is 29.2. The van der Waals surface area contributed by atoms with E-state index >= 15 is 0 Å². The molecule has 0 aromatic heterocycles. The van der Waals surface area contributed by atoms with E-state index in [-0.39, 0.29) is 0 Å². The summed E-state index contributed by atoms with van der Waals surface area (Å²) < 4.78 is 0. The van der Waals surface area contributed by atoms with E-state index < -0.39 is 0 Å². The van der Waals surface area contributed by atoms with Crippen LogP contribution in [0.1, 0.15) is 52.9 Å². The highest BCUT2D eigenvalue weighted by molar-refractivity contribution is 6.25. The second-order valence-electron chi connectivity index (χ2n) is 7.35. The number of rotatable bonds is 2. The molecule has 1 unspecified atom stereocenters. The van der Waals surface area contributed by atoms with Gasteiger partial charge in [-0.3, -0.25) is 4.90 Å². The van der Waals surface area contributed by atoms with Gasteiger partial charge in [-0.05, 0) is 18.3 Å². The predicted molar refractivity (Wildman–Crippen MR) is 83.6 cm³/mol. The van der Waals surface area contributed by atoms with E-state index in [1.807, 2.05) is 0 Å². The predicted octanol–water partition coefficient (Wildman–Crippen LogP) is 3.76. The van der Waals surface area contributed by atoms with E-state index in [1.54, 1.807) is 5.54 Å². The van der Waals surface area contributed by atoms with Crippen LogP contribution >= 0.6 is 11.6 Å². The van der Waals surface area contributed by atoms with Crippen molar-refractivity contribution in [2.24, 2.45) is 5.41 Å². The van der Waals surface area contributed by atoms with Gasteiger partial charge in [0.05, 0.1) is 0 Å². The molecule has 0 aromatic rings. The van der Waals surface area contributed by atoms with E-state index in [4.69, 9.17) is 11.6 Å². The molecule has 19 heavy (non-hydrogen) atoms. The molecule has 1 atom stereocenters. The summed E-state index contributed by atoms with van der Waals surface area (Å²) in [5, 5.41) is 3.83. The zero-order chi connectivity index (χ0) is 13.9. The Morgan fingerprint density at radius 1 is 1.26 bits per heavy atom. The third-order valence-corrected chi connectivity index (χ3v) is 5.17. The van der Waals surface area contributed by atoms with Crippen molar-refractivity contribution in [3.05, 3.63) is 11.6 Å². The molecule has 2 fully saturated rings. The molecule has 0 aromatic carbocycles. The summed E-state index contributed by atoms with van der Waals surface area (Å²) in [6, 6.07) is 0.573. The van der Waals surface area contributed by atoms with Crippen molar-refractivity contribution in [2.45, 2.75) is 64.5 Å². The zero-order valence-corrected chi connectivity index (χ0v) is 13.5. The molecular weight excluding hydrogens is 256 g/mol. The van der Waals surface area contributed by atoms with Crippen LogP contribution in [0.25, 0.3) is 0 Å². The van der Waals surface area contributed by atoms with Crippen molar-refractivity contribution >= 4 is 11.6 Å². The van der Waals surface area contributed by atoms with Gasteiger partial charge in [0, 0.05) is 36.8 Å². The summed E-state index contributed by atoms with van der Waals surface area (Å²) in [6.45, 7) is 10.3. The van der Waals surface area contributed by atoms with E-state index in [0.29, 0.717) is 17.0 Å². The fraction of sp³-hybridized carbons (Fsp3) is 0.875. The van der Waals surface area contributed by atoms with Crippen LogP contribution in [0, 0.1) is 5.41 Å². The van der Waals surface area contributed by atoms with Gasteiger partial charge >= 0.3 is 0 Å². The second-order valence-corrected chi connectivity index (χ2v) is 7.60. The lowest BCUT2D eigenvalue weighted by atomic mass is 9.75. The summed E-state index contributed by atoms with van der Waals surface area (Å²) >= 11 is 5.75. The van der Waals surface area contributed by atoms with Crippen LogP contribution in [0.4, 0.5) is 0 Å². The minimum atomic E-state index is 0.319. The summed E-state index contributed by atoms with van der Waals surface area (Å²) in [7, 11) is 0. The summed E-state index contributed by atoms with van der Waals surface area (Å²) in [5.41, 5.74) is 2.38. The molecule has 1 spiro atoms. The highest BCUT2D eigenvalue weighted by atomic mass is 35.5. The van der Waals surface area contributed by atoms with Crippen molar-refractivity contribution in [2.75, 3.05) is 19.6 Å². The molecule has 2 aliphatic rings. The van der Waals surface area contributed by atoms with Crippen molar-refractivity contribution in [3.63, 3.8) is 0 Å². The van der Waals surface area contributed by atoms with Crippen LogP contribution in [0.2, 0.25) is 0 Å². The van der Waals surface area contributed by atoms with Crippen LogP contribution in [-0.2, 0) is 0 Å². The Balaban J connectivity index is 2.11. The first-order valence-corrected chi connectivity index (χ1v) is 8.15. The lowest BCUT2D eigenvalue weighted by molar-refractivity contribution is -0.00174. The molecule has 2 rings (SSSR count). The highest BCUT2D eigenvalue weighted by Gasteiger charge is 2.43. The topological polar surface area (TPSA) is 15.3 Å². The maximum Gasteiger partial charge on any atom is 0.0338 e. The standard InChI is InChI=1S/C16H29ClN2/c1-15(2,3)14-12-19(11-7-10-17)16(13-18-14)8-5-4-6-9-16/h7,10,14,18H,4-6,8-9,11-13H2,1-3H3/b10-7+. The first-order valence-electron chi connectivity index (χ1n) is 7.72. The van der Waals surface area contributed by atoms with Crippen molar-refractivity contribution < 1.29 is 0 Å². The Bertz CT molecular complexity index is 313. The van der Waals surface area contributed by atoms with E-state index in [2.05, 4.69) is 37.1 Å². The molecule has 2 nitrogen and oxygen atoms in total. The van der Waals surface area contributed by atoms with Gasteiger partial charge < -0.3 is 5.32 Å². The van der Waals surface area contributed by atoms with Crippen LogP contribution < -0.4 is 5.32 Å². The van der Waals surface area contributed by atoms with E-state index in [1.165, 1.54) is 32.1 Å².